The topological polar surface area (TPSA) is 86.5 Å². The molecule has 0 spiro atoms. The maximum atomic E-state index is 12.5. The number of amides is 1. The van der Waals surface area contributed by atoms with Crippen molar-refractivity contribution in [2.45, 2.75) is 13.0 Å². The van der Waals surface area contributed by atoms with Gasteiger partial charge in [-0.15, -0.1) is 0 Å². The summed E-state index contributed by atoms with van der Waals surface area (Å²) in [5.74, 6) is 0.868. The predicted molar refractivity (Wildman–Crippen MR) is 99.1 cm³/mol. The molecule has 3 rings (SSSR count). The summed E-state index contributed by atoms with van der Waals surface area (Å²) in [5, 5.41) is 10.3. The van der Waals surface area contributed by atoms with E-state index in [1.165, 1.54) is 0 Å². The van der Waals surface area contributed by atoms with Crippen molar-refractivity contribution >= 4 is 27.7 Å². The highest BCUT2D eigenvalue weighted by Crippen LogP contribution is 2.28. The van der Waals surface area contributed by atoms with Crippen LogP contribution >= 0.6 is 15.9 Å². The summed E-state index contributed by atoms with van der Waals surface area (Å²) in [6.07, 6.45) is -0.777. The van der Waals surface area contributed by atoms with Crippen molar-refractivity contribution in [2.75, 3.05) is 12.4 Å². The molecular weight excluding hydrogens is 402 g/mol. The lowest BCUT2D eigenvalue weighted by Gasteiger charge is -2.16. The number of ether oxygens (including phenoxy) is 2. The van der Waals surface area contributed by atoms with Crippen molar-refractivity contribution in [3.8, 4) is 22.8 Å². The lowest BCUT2D eigenvalue weighted by molar-refractivity contribution is -0.122. The first-order valence-corrected chi connectivity index (χ1v) is 8.57. The van der Waals surface area contributed by atoms with Crippen LogP contribution in [0.15, 0.2) is 57.6 Å². The number of hydrogen-bond donors (Lipinski definition) is 1. The van der Waals surface area contributed by atoms with E-state index >= 15 is 0 Å². The van der Waals surface area contributed by atoms with Crippen molar-refractivity contribution in [3.63, 3.8) is 0 Å². The molecule has 0 aliphatic heterocycles. The zero-order valence-corrected chi connectivity index (χ0v) is 15.7. The molecule has 0 unspecified atom stereocenters. The Morgan fingerprint density at radius 3 is 2.50 bits per heavy atom. The minimum absolute atomic E-state index is 0.229. The first kappa shape index (κ1) is 17.9. The number of carbonyl (C=O) groups is 1. The summed E-state index contributed by atoms with van der Waals surface area (Å²) in [4.78, 5) is 12.5. The number of anilines is 1. The molecule has 0 aliphatic carbocycles. The predicted octanol–water partition coefficient (Wildman–Crippen LogP) is 3.91. The minimum atomic E-state index is -0.777. The van der Waals surface area contributed by atoms with Crippen LogP contribution in [0.4, 0.5) is 5.82 Å². The van der Waals surface area contributed by atoms with E-state index in [0.717, 1.165) is 10.0 Å². The number of nitrogens with zero attached hydrogens (tertiary/aromatic N) is 2. The van der Waals surface area contributed by atoms with Crippen LogP contribution < -0.4 is 14.8 Å². The fourth-order valence-electron chi connectivity index (χ4n) is 2.25. The van der Waals surface area contributed by atoms with Gasteiger partial charge in [0.25, 0.3) is 5.91 Å². The number of benzene rings is 2. The van der Waals surface area contributed by atoms with E-state index < -0.39 is 6.10 Å². The van der Waals surface area contributed by atoms with Crippen molar-refractivity contribution in [2.24, 2.45) is 0 Å². The molecule has 3 aromatic rings. The Balaban J connectivity index is 1.72. The van der Waals surface area contributed by atoms with Gasteiger partial charge in [-0.3, -0.25) is 4.79 Å². The Labute approximate surface area is 158 Å². The Bertz CT molecular complexity index is 895. The third kappa shape index (κ3) is 4.02. The van der Waals surface area contributed by atoms with E-state index in [2.05, 4.69) is 31.6 Å². The van der Waals surface area contributed by atoms with Gasteiger partial charge in [0.1, 0.15) is 0 Å². The second-order valence-corrected chi connectivity index (χ2v) is 6.28. The van der Waals surface area contributed by atoms with Gasteiger partial charge in [0.15, 0.2) is 23.3 Å². The maximum absolute atomic E-state index is 12.5. The summed E-state index contributed by atoms with van der Waals surface area (Å²) in [5.41, 5.74) is 1.21. The Morgan fingerprint density at radius 2 is 1.81 bits per heavy atom. The van der Waals surface area contributed by atoms with Crippen LogP contribution in [0.5, 0.6) is 11.5 Å². The fraction of sp³-hybridized carbons (Fsp3) is 0.167. The number of hydrogen-bond acceptors (Lipinski definition) is 6. The lowest BCUT2D eigenvalue weighted by Crippen LogP contribution is -2.30. The Morgan fingerprint density at radius 1 is 1.12 bits per heavy atom. The summed E-state index contributed by atoms with van der Waals surface area (Å²) in [6.45, 7) is 1.63. The summed E-state index contributed by atoms with van der Waals surface area (Å²) < 4.78 is 16.6. The van der Waals surface area contributed by atoms with E-state index in [9.17, 15) is 4.79 Å². The second-order valence-electron chi connectivity index (χ2n) is 5.37. The molecule has 1 aromatic heterocycles. The first-order chi connectivity index (χ1) is 12.6. The van der Waals surface area contributed by atoms with Crippen LogP contribution in [-0.4, -0.2) is 29.4 Å². The number of aromatic nitrogens is 2. The highest BCUT2D eigenvalue weighted by atomic mass is 79.9. The van der Waals surface area contributed by atoms with Crippen LogP contribution in [-0.2, 0) is 4.79 Å². The molecule has 0 bridgehead atoms. The van der Waals surface area contributed by atoms with Crippen LogP contribution in [0.1, 0.15) is 6.92 Å². The zero-order valence-electron chi connectivity index (χ0n) is 14.1. The summed E-state index contributed by atoms with van der Waals surface area (Å²) in [7, 11) is 1.54. The van der Waals surface area contributed by atoms with Gasteiger partial charge in [0.05, 0.1) is 7.11 Å². The Hall–Kier alpha value is -2.87. The van der Waals surface area contributed by atoms with Crippen LogP contribution in [0.3, 0.4) is 0 Å². The monoisotopic (exact) mass is 417 g/mol. The molecule has 0 radical (unpaired) electrons. The maximum Gasteiger partial charge on any atom is 0.266 e. The highest BCUT2D eigenvalue weighted by Gasteiger charge is 2.21. The molecule has 0 fully saturated rings. The average Bonchev–Trinajstić information content (AvgIpc) is 3.10. The molecule has 0 saturated carbocycles. The largest absolute Gasteiger partial charge is 0.493 e. The summed E-state index contributed by atoms with van der Waals surface area (Å²) >= 11 is 3.37. The van der Waals surface area contributed by atoms with Crippen LogP contribution in [0.2, 0.25) is 0 Å². The average molecular weight is 418 g/mol. The minimum Gasteiger partial charge on any atom is -0.493 e. The van der Waals surface area contributed by atoms with Gasteiger partial charge in [0.2, 0.25) is 5.82 Å². The van der Waals surface area contributed by atoms with Gasteiger partial charge in [0, 0.05) is 10.0 Å². The van der Waals surface area contributed by atoms with Gasteiger partial charge in [-0.2, -0.15) is 0 Å². The molecule has 1 amide bonds. The smallest absolute Gasteiger partial charge is 0.266 e. The lowest BCUT2D eigenvalue weighted by atomic mass is 10.1. The number of para-hydroxylation sites is 2. The van der Waals surface area contributed by atoms with Crippen molar-refractivity contribution in [1.29, 1.82) is 0 Å². The molecule has 0 saturated heterocycles. The molecular formula is C18H16BrN3O4. The number of carbonyl (C=O) groups excluding carboxylic acids is 1. The van der Waals surface area contributed by atoms with Gasteiger partial charge in [-0.05, 0) is 41.5 Å². The molecule has 7 nitrogen and oxygen atoms in total. The number of rotatable bonds is 6. The van der Waals surface area contributed by atoms with Gasteiger partial charge < -0.3 is 14.8 Å². The Kier molecular flexibility index (Phi) is 5.52. The third-order valence-corrected chi connectivity index (χ3v) is 4.12. The molecule has 26 heavy (non-hydrogen) atoms. The van der Waals surface area contributed by atoms with E-state index in [-0.39, 0.29) is 11.7 Å². The number of halogens is 1. The van der Waals surface area contributed by atoms with Gasteiger partial charge in [-0.1, -0.05) is 40.2 Å². The van der Waals surface area contributed by atoms with Crippen LogP contribution in [0, 0.1) is 0 Å². The number of methoxy groups -OCH3 is 1. The van der Waals surface area contributed by atoms with Crippen molar-refractivity contribution in [3.05, 3.63) is 53.0 Å². The summed E-state index contributed by atoms with van der Waals surface area (Å²) in [6, 6.07) is 14.5. The third-order valence-electron chi connectivity index (χ3n) is 3.59. The standard InChI is InChI=1S/C18H16BrN3O4/c1-11(25-15-6-4-3-5-14(15)24-2)18(23)20-17-16(21-26-22-17)12-7-9-13(19)10-8-12/h3-11H,1-2H3,(H,20,22,23)/t11-/m0/s1. The molecule has 8 heteroatoms. The molecule has 1 N–H and O–H groups in total. The van der Waals surface area contributed by atoms with E-state index in [4.69, 9.17) is 14.1 Å². The van der Waals surface area contributed by atoms with Crippen molar-refractivity contribution in [1.82, 2.24) is 10.3 Å². The molecule has 1 atom stereocenters. The quantitative estimate of drug-likeness (QED) is 0.653. The second kappa shape index (κ2) is 8.01. The van der Waals surface area contributed by atoms with E-state index in [1.807, 2.05) is 30.3 Å². The zero-order chi connectivity index (χ0) is 18.5. The SMILES string of the molecule is COc1ccccc1O[C@@H](C)C(=O)Nc1nonc1-c1ccc(Br)cc1. The first-order valence-electron chi connectivity index (χ1n) is 7.77. The number of nitrogens with one attached hydrogen (secondary N) is 1. The fourth-order valence-corrected chi connectivity index (χ4v) is 2.51. The van der Waals surface area contributed by atoms with Crippen LogP contribution in [0.25, 0.3) is 11.3 Å². The van der Waals surface area contributed by atoms with Gasteiger partial charge in [-0.25, -0.2) is 4.63 Å². The normalized spacial score (nSPS) is 11.7. The molecule has 134 valence electrons. The van der Waals surface area contributed by atoms with Crippen molar-refractivity contribution < 1.29 is 18.9 Å². The molecule has 0 aliphatic rings. The van der Waals surface area contributed by atoms with E-state index in [1.54, 1.807) is 32.2 Å². The molecule has 1 heterocycles. The molecule has 2 aromatic carbocycles. The van der Waals surface area contributed by atoms with Gasteiger partial charge >= 0.3 is 0 Å². The highest BCUT2D eigenvalue weighted by molar-refractivity contribution is 9.10. The van der Waals surface area contributed by atoms with E-state index in [0.29, 0.717) is 17.2 Å².